The third-order valence-electron chi connectivity index (χ3n) is 7.61. The molecule has 0 spiro atoms. The van der Waals surface area contributed by atoms with Crippen molar-refractivity contribution in [1.82, 2.24) is 4.57 Å². The molecule has 0 N–H and O–H groups in total. The van der Waals surface area contributed by atoms with Crippen molar-refractivity contribution in [3.05, 3.63) is 133 Å². The molecule has 0 unspecified atom stereocenters. The van der Waals surface area contributed by atoms with E-state index in [4.69, 9.17) is 0 Å². The number of fused-ring (bicyclic) bond motifs is 4. The minimum atomic E-state index is -0.226. The molecule has 7 aromatic rings. The fraction of sp³-hybridized carbons (Fsp3) is 0.0571. The van der Waals surface area contributed by atoms with Crippen LogP contribution in [0.1, 0.15) is 5.56 Å². The number of rotatable bonds is 3. The molecule has 0 saturated heterocycles. The van der Waals surface area contributed by atoms with E-state index in [9.17, 15) is 0 Å². The summed E-state index contributed by atoms with van der Waals surface area (Å²) in [5, 5.41) is 4.38. The van der Waals surface area contributed by atoms with Crippen LogP contribution in [-0.4, -0.2) is 4.57 Å². The Morgan fingerprint density at radius 3 is 2.11 bits per heavy atom. The van der Waals surface area contributed by atoms with Crippen LogP contribution in [0.2, 0.25) is 0 Å². The number of pyridine rings is 1. The van der Waals surface area contributed by atoms with Gasteiger partial charge in [-0.05, 0) is 65.2 Å². The van der Waals surface area contributed by atoms with Crippen molar-refractivity contribution in [2.45, 2.75) is 6.92 Å². The molecule has 0 saturated carbocycles. The molecule has 0 fully saturated rings. The summed E-state index contributed by atoms with van der Waals surface area (Å²) in [6.07, 6.45) is 2.07. The average Bonchev–Trinajstić information content (AvgIpc) is 3.28. The number of aromatic nitrogens is 2. The Hall–Kier alpha value is -4.76. The number of hydrogen-bond acceptors (Lipinski definition) is 0. The first kappa shape index (κ1) is 22.4. The summed E-state index contributed by atoms with van der Waals surface area (Å²) in [6, 6.07) is 38.9. The van der Waals surface area contributed by atoms with Gasteiger partial charge in [0.1, 0.15) is 12.9 Å². The molecule has 0 amide bonds. The lowest BCUT2D eigenvalue weighted by Crippen LogP contribution is -2.30. The Bertz CT molecular complexity index is 2000. The second kappa shape index (κ2) is 8.67. The van der Waals surface area contributed by atoms with E-state index in [1.165, 1.54) is 5.56 Å². The highest BCUT2D eigenvalue weighted by Crippen LogP contribution is 2.43. The van der Waals surface area contributed by atoms with Crippen molar-refractivity contribution in [1.29, 1.82) is 0 Å². The molecule has 2 heterocycles. The van der Waals surface area contributed by atoms with Gasteiger partial charge in [-0.1, -0.05) is 66.7 Å². The average molecular weight is 494 g/mol. The Morgan fingerprint density at radius 1 is 0.632 bits per heavy atom. The van der Waals surface area contributed by atoms with Crippen LogP contribution in [0.15, 0.2) is 121 Å². The van der Waals surface area contributed by atoms with Crippen LogP contribution in [0.25, 0.3) is 60.6 Å². The highest BCUT2D eigenvalue weighted by molar-refractivity contribution is 6.17. The number of halogens is 1. The van der Waals surface area contributed by atoms with Crippen LogP contribution < -0.4 is 4.57 Å². The Labute approximate surface area is 220 Å². The molecule has 0 atom stereocenters. The normalized spacial score (nSPS) is 11.6. The molecule has 3 heteroatoms. The molecular weight excluding hydrogens is 467 g/mol. The maximum Gasteiger partial charge on any atom is 0.214 e. The van der Waals surface area contributed by atoms with Crippen molar-refractivity contribution in [3.63, 3.8) is 0 Å². The van der Waals surface area contributed by atoms with Crippen molar-refractivity contribution >= 4 is 32.6 Å². The molecule has 0 radical (unpaired) electrons. The summed E-state index contributed by atoms with van der Waals surface area (Å²) < 4.78 is 20.4. The molecule has 2 aromatic heterocycles. The number of para-hydroxylation sites is 1. The molecule has 0 aliphatic carbocycles. The summed E-state index contributed by atoms with van der Waals surface area (Å²) >= 11 is 0. The second-order valence-corrected chi connectivity index (χ2v) is 9.90. The van der Waals surface area contributed by atoms with E-state index in [2.05, 4.69) is 90.0 Å². The quantitative estimate of drug-likeness (QED) is 0.218. The molecule has 38 heavy (non-hydrogen) atoms. The number of hydrogen-bond donors (Lipinski definition) is 0. The zero-order valence-corrected chi connectivity index (χ0v) is 21.3. The Kier molecular flexibility index (Phi) is 5.12. The molecule has 2 nitrogen and oxygen atoms in total. The minimum absolute atomic E-state index is 0.226. The fourth-order valence-corrected chi connectivity index (χ4v) is 5.83. The number of nitrogens with zero attached hydrogens (tertiary/aromatic N) is 2. The van der Waals surface area contributed by atoms with Gasteiger partial charge < -0.3 is 4.57 Å². The van der Waals surface area contributed by atoms with E-state index in [0.29, 0.717) is 5.56 Å². The van der Waals surface area contributed by atoms with Crippen LogP contribution in [-0.2, 0) is 7.05 Å². The van der Waals surface area contributed by atoms with E-state index >= 15 is 4.39 Å². The zero-order chi connectivity index (χ0) is 25.8. The Morgan fingerprint density at radius 2 is 1.32 bits per heavy atom. The highest BCUT2D eigenvalue weighted by atomic mass is 19.1. The lowest BCUT2D eigenvalue weighted by Gasteiger charge is -2.15. The number of benzene rings is 5. The summed E-state index contributed by atoms with van der Waals surface area (Å²) in [7, 11) is 2.07. The molecule has 5 aromatic carbocycles. The van der Waals surface area contributed by atoms with Gasteiger partial charge in [-0.3, -0.25) is 0 Å². The van der Waals surface area contributed by atoms with Crippen LogP contribution >= 0.6 is 0 Å². The van der Waals surface area contributed by atoms with Gasteiger partial charge in [0.15, 0.2) is 6.20 Å². The van der Waals surface area contributed by atoms with E-state index in [1.807, 2.05) is 48.5 Å². The minimum Gasteiger partial charge on any atom is -0.308 e. The van der Waals surface area contributed by atoms with Crippen LogP contribution in [0.4, 0.5) is 4.39 Å². The second-order valence-electron chi connectivity index (χ2n) is 9.90. The monoisotopic (exact) mass is 493 g/mol. The van der Waals surface area contributed by atoms with E-state index < -0.39 is 0 Å². The van der Waals surface area contributed by atoms with Crippen molar-refractivity contribution < 1.29 is 8.96 Å². The van der Waals surface area contributed by atoms with Gasteiger partial charge in [0.2, 0.25) is 5.69 Å². The zero-order valence-electron chi connectivity index (χ0n) is 21.3. The van der Waals surface area contributed by atoms with Crippen LogP contribution in [0, 0.1) is 12.7 Å². The lowest BCUT2D eigenvalue weighted by atomic mass is 9.97. The predicted molar refractivity (Wildman–Crippen MR) is 155 cm³/mol. The number of aryl methyl sites for hydroxylation is 2. The summed E-state index contributed by atoms with van der Waals surface area (Å²) in [6.45, 7) is 2.15. The third kappa shape index (κ3) is 3.36. The largest absolute Gasteiger partial charge is 0.308 e. The third-order valence-corrected chi connectivity index (χ3v) is 7.61. The van der Waals surface area contributed by atoms with Gasteiger partial charge in [0.05, 0.1) is 16.6 Å². The van der Waals surface area contributed by atoms with E-state index in [1.54, 1.807) is 6.07 Å². The van der Waals surface area contributed by atoms with Gasteiger partial charge in [-0.2, -0.15) is 0 Å². The smallest absolute Gasteiger partial charge is 0.214 e. The maximum absolute atomic E-state index is 16.0. The van der Waals surface area contributed by atoms with Crippen molar-refractivity contribution in [3.8, 4) is 28.1 Å². The topological polar surface area (TPSA) is 8.81 Å². The van der Waals surface area contributed by atoms with Gasteiger partial charge >= 0.3 is 0 Å². The standard InChI is InChI=1S/C35H26FN2/c1-23-15-18-28-29-19-20-30(36)33(26-17-16-24-10-6-7-11-25(24)22-26)35(29)38(27-12-4-3-5-13-27)34(28)32(23)31-14-8-9-21-37(31)2/h3-22H,1-2H3/q+1. The van der Waals surface area contributed by atoms with Gasteiger partial charge in [0, 0.05) is 34.2 Å². The molecule has 182 valence electrons. The van der Waals surface area contributed by atoms with E-state index in [0.717, 1.165) is 55.1 Å². The first-order chi connectivity index (χ1) is 18.6. The van der Waals surface area contributed by atoms with E-state index in [-0.39, 0.29) is 5.82 Å². The fourth-order valence-electron chi connectivity index (χ4n) is 5.83. The highest BCUT2D eigenvalue weighted by Gasteiger charge is 2.25. The summed E-state index contributed by atoms with van der Waals surface area (Å²) in [5.74, 6) is -0.226. The van der Waals surface area contributed by atoms with Crippen molar-refractivity contribution in [2.75, 3.05) is 0 Å². The van der Waals surface area contributed by atoms with Crippen LogP contribution in [0.3, 0.4) is 0 Å². The molecule has 0 aliphatic heterocycles. The first-order valence-corrected chi connectivity index (χ1v) is 12.9. The van der Waals surface area contributed by atoms with Gasteiger partial charge in [-0.15, -0.1) is 0 Å². The first-order valence-electron chi connectivity index (χ1n) is 12.9. The molecule has 0 bridgehead atoms. The predicted octanol–water partition coefficient (Wildman–Crippen LogP) is 8.54. The summed E-state index contributed by atoms with van der Waals surface area (Å²) in [5.41, 5.74) is 7.90. The lowest BCUT2D eigenvalue weighted by molar-refractivity contribution is -0.660. The summed E-state index contributed by atoms with van der Waals surface area (Å²) in [4.78, 5) is 0. The Balaban J connectivity index is 1.70. The molecular formula is C35H26FN2+. The SMILES string of the molecule is Cc1ccc2c3ccc(F)c(-c4ccc5ccccc5c4)c3n(-c3ccccc3)c2c1-c1cccc[n+]1C. The van der Waals surface area contributed by atoms with Crippen LogP contribution in [0.5, 0.6) is 0 Å². The molecule has 0 aliphatic rings. The van der Waals surface area contributed by atoms with Gasteiger partial charge in [-0.25, -0.2) is 8.96 Å². The van der Waals surface area contributed by atoms with Gasteiger partial charge in [0.25, 0.3) is 0 Å². The maximum atomic E-state index is 16.0. The van der Waals surface area contributed by atoms with Crippen molar-refractivity contribution in [2.24, 2.45) is 7.05 Å². The molecule has 7 rings (SSSR count).